The molecular formula is C20H20N4O5. The molecule has 0 fully saturated rings. The zero-order chi connectivity index (χ0) is 21.3. The van der Waals surface area contributed by atoms with Gasteiger partial charge in [-0.05, 0) is 39.0 Å². The van der Waals surface area contributed by atoms with Crippen LogP contribution in [0.25, 0.3) is 11.0 Å². The van der Waals surface area contributed by atoms with E-state index in [-0.39, 0.29) is 17.2 Å². The number of aromatic carboxylic acids is 1. The summed E-state index contributed by atoms with van der Waals surface area (Å²) < 4.78 is 2.01. The van der Waals surface area contributed by atoms with Crippen LogP contribution in [-0.4, -0.2) is 31.5 Å². The van der Waals surface area contributed by atoms with E-state index in [4.69, 9.17) is 5.11 Å². The number of nitro benzene ring substituents is 1. The zero-order valence-electron chi connectivity index (χ0n) is 16.1. The first-order valence-electron chi connectivity index (χ1n) is 8.99. The highest BCUT2D eigenvalue weighted by molar-refractivity contribution is 5.98. The highest BCUT2D eigenvalue weighted by atomic mass is 16.6. The van der Waals surface area contributed by atoms with Gasteiger partial charge in [-0.1, -0.05) is 12.1 Å². The molecule has 0 aliphatic rings. The summed E-state index contributed by atoms with van der Waals surface area (Å²) in [5.41, 5.74) is 0.835. The summed E-state index contributed by atoms with van der Waals surface area (Å²) in [4.78, 5) is 38.9. The van der Waals surface area contributed by atoms with Crippen LogP contribution in [0.15, 0.2) is 42.5 Å². The normalized spacial score (nSPS) is 12.1. The van der Waals surface area contributed by atoms with Gasteiger partial charge in [-0.3, -0.25) is 14.9 Å². The van der Waals surface area contributed by atoms with E-state index in [0.717, 1.165) is 29.2 Å². The number of carbonyl (C=O) groups excluding carboxylic acids is 1. The third-order valence-corrected chi connectivity index (χ3v) is 4.51. The first-order chi connectivity index (χ1) is 13.7. The Kier molecular flexibility index (Phi) is 5.31. The molecule has 150 valence electrons. The Bertz CT molecular complexity index is 1090. The van der Waals surface area contributed by atoms with Crippen molar-refractivity contribution in [1.82, 2.24) is 14.9 Å². The summed E-state index contributed by atoms with van der Waals surface area (Å²) in [5, 5.41) is 23.0. The number of hydrogen-bond donors (Lipinski definition) is 2. The van der Waals surface area contributed by atoms with Gasteiger partial charge in [-0.25, -0.2) is 9.78 Å². The van der Waals surface area contributed by atoms with Crippen molar-refractivity contribution in [3.05, 3.63) is 69.5 Å². The van der Waals surface area contributed by atoms with Gasteiger partial charge in [0.1, 0.15) is 5.82 Å². The molecule has 2 aromatic carbocycles. The minimum atomic E-state index is -1.35. The van der Waals surface area contributed by atoms with E-state index in [1.54, 1.807) is 6.92 Å². The summed E-state index contributed by atoms with van der Waals surface area (Å²) in [6, 6.07) is 10.3. The van der Waals surface area contributed by atoms with Crippen molar-refractivity contribution >= 4 is 28.6 Å². The number of nitrogens with one attached hydrogen (secondary N) is 1. The maximum Gasteiger partial charge on any atom is 0.335 e. The van der Waals surface area contributed by atoms with Gasteiger partial charge in [0.25, 0.3) is 11.6 Å². The van der Waals surface area contributed by atoms with Gasteiger partial charge in [-0.2, -0.15) is 0 Å². The topological polar surface area (TPSA) is 127 Å². The van der Waals surface area contributed by atoms with E-state index in [1.807, 2.05) is 42.7 Å². The molecule has 9 heteroatoms. The Morgan fingerprint density at radius 2 is 1.79 bits per heavy atom. The molecule has 2 N–H and O–H groups in total. The number of non-ortho nitro benzene ring substituents is 1. The van der Waals surface area contributed by atoms with E-state index in [0.29, 0.717) is 5.82 Å². The van der Waals surface area contributed by atoms with Crippen LogP contribution in [0.3, 0.4) is 0 Å². The van der Waals surface area contributed by atoms with Crippen molar-refractivity contribution in [2.45, 2.75) is 32.9 Å². The maximum atomic E-state index is 12.7. The number of imidazole rings is 1. The number of rotatable bonds is 6. The average molecular weight is 396 g/mol. The third-order valence-electron chi connectivity index (χ3n) is 4.51. The molecule has 1 aromatic heterocycles. The molecule has 0 saturated carbocycles. The lowest BCUT2D eigenvalue weighted by Gasteiger charge is -2.19. The summed E-state index contributed by atoms with van der Waals surface area (Å²) in [5.74, 6) is -1.33. The second-order valence-electron chi connectivity index (χ2n) is 6.95. The number of nitrogens with zero attached hydrogens (tertiary/aromatic N) is 3. The Morgan fingerprint density at radius 1 is 1.14 bits per heavy atom. The molecule has 0 spiro atoms. The van der Waals surface area contributed by atoms with Crippen LogP contribution in [0.5, 0.6) is 0 Å². The SMILES string of the molecule is CC(NC(=O)c1cc(C(=O)O)cc([N+](=O)[O-])c1)c1nc2ccccc2n1C(C)C. The number of amides is 1. The first-order valence-corrected chi connectivity index (χ1v) is 8.99. The highest BCUT2D eigenvalue weighted by Gasteiger charge is 2.22. The lowest BCUT2D eigenvalue weighted by molar-refractivity contribution is -0.384. The fourth-order valence-electron chi connectivity index (χ4n) is 3.23. The van der Waals surface area contributed by atoms with Gasteiger partial charge in [0.15, 0.2) is 0 Å². The number of para-hydroxylation sites is 2. The minimum absolute atomic E-state index is 0.0909. The molecule has 0 aliphatic carbocycles. The van der Waals surface area contributed by atoms with Crippen LogP contribution in [0.2, 0.25) is 0 Å². The average Bonchev–Trinajstić information content (AvgIpc) is 3.07. The third kappa shape index (κ3) is 3.93. The molecule has 1 atom stereocenters. The van der Waals surface area contributed by atoms with E-state index in [2.05, 4.69) is 10.3 Å². The van der Waals surface area contributed by atoms with Gasteiger partial charge in [0.05, 0.1) is 27.6 Å². The number of carbonyl (C=O) groups is 2. The van der Waals surface area contributed by atoms with E-state index < -0.39 is 28.5 Å². The van der Waals surface area contributed by atoms with Gasteiger partial charge < -0.3 is 15.0 Å². The largest absolute Gasteiger partial charge is 0.478 e. The number of aromatic nitrogens is 2. The maximum absolute atomic E-state index is 12.7. The predicted molar refractivity (Wildman–Crippen MR) is 106 cm³/mol. The van der Waals surface area contributed by atoms with E-state index in [1.165, 1.54) is 0 Å². The van der Waals surface area contributed by atoms with Crippen molar-refractivity contribution < 1.29 is 19.6 Å². The lowest BCUT2D eigenvalue weighted by Crippen LogP contribution is -2.29. The molecule has 0 saturated heterocycles. The highest BCUT2D eigenvalue weighted by Crippen LogP contribution is 2.25. The van der Waals surface area contributed by atoms with Crippen LogP contribution in [0, 0.1) is 10.1 Å². The van der Waals surface area contributed by atoms with Crippen LogP contribution in [0.4, 0.5) is 5.69 Å². The molecular weight excluding hydrogens is 376 g/mol. The van der Waals surface area contributed by atoms with Crippen molar-refractivity contribution in [2.75, 3.05) is 0 Å². The number of benzene rings is 2. The summed E-state index contributed by atoms with van der Waals surface area (Å²) in [6.07, 6.45) is 0. The summed E-state index contributed by atoms with van der Waals surface area (Å²) in [6.45, 7) is 5.77. The molecule has 1 heterocycles. The van der Waals surface area contributed by atoms with Crippen LogP contribution in [0.1, 0.15) is 59.4 Å². The van der Waals surface area contributed by atoms with Gasteiger partial charge in [-0.15, -0.1) is 0 Å². The number of hydrogen-bond acceptors (Lipinski definition) is 5. The molecule has 0 bridgehead atoms. The number of carboxylic acids is 1. The van der Waals surface area contributed by atoms with E-state index >= 15 is 0 Å². The van der Waals surface area contributed by atoms with Crippen LogP contribution in [-0.2, 0) is 0 Å². The van der Waals surface area contributed by atoms with Crippen molar-refractivity contribution in [1.29, 1.82) is 0 Å². The second kappa shape index (κ2) is 7.70. The fourth-order valence-corrected chi connectivity index (χ4v) is 3.23. The van der Waals surface area contributed by atoms with Gasteiger partial charge >= 0.3 is 5.97 Å². The molecule has 1 amide bonds. The Balaban J connectivity index is 1.96. The fraction of sp³-hybridized carbons (Fsp3) is 0.250. The number of carboxylic acid groups (broad SMARTS) is 1. The Hall–Kier alpha value is -3.75. The number of nitro groups is 1. The molecule has 0 radical (unpaired) electrons. The van der Waals surface area contributed by atoms with Gasteiger partial charge in [0.2, 0.25) is 0 Å². The minimum Gasteiger partial charge on any atom is -0.478 e. The van der Waals surface area contributed by atoms with Gasteiger partial charge in [0, 0.05) is 23.7 Å². The molecule has 29 heavy (non-hydrogen) atoms. The predicted octanol–water partition coefficient (Wildman–Crippen LogP) is 3.71. The smallest absolute Gasteiger partial charge is 0.335 e. The van der Waals surface area contributed by atoms with E-state index in [9.17, 15) is 19.7 Å². The standard InChI is InChI=1S/C20H20N4O5/c1-11(2)23-17-7-5-4-6-16(17)22-18(23)12(3)21-19(25)13-8-14(20(26)27)10-15(9-13)24(28)29/h4-12H,1-3H3,(H,21,25)(H,26,27). The molecule has 9 nitrogen and oxygen atoms in total. The molecule has 1 unspecified atom stereocenters. The number of fused-ring (bicyclic) bond motifs is 1. The van der Waals surface area contributed by atoms with Crippen molar-refractivity contribution in [3.63, 3.8) is 0 Å². The molecule has 0 aliphatic heterocycles. The van der Waals surface area contributed by atoms with Crippen LogP contribution < -0.4 is 5.32 Å². The van der Waals surface area contributed by atoms with Crippen molar-refractivity contribution in [2.24, 2.45) is 0 Å². The summed E-state index contributed by atoms with van der Waals surface area (Å²) >= 11 is 0. The quantitative estimate of drug-likeness (QED) is 0.483. The van der Waals surface area contributed by atoms with Crippen LogP contribution >= 0.6 is 0 Å². The lowest BCUT2D eigenvalue weighted by atomic mass is 10.1. The molecule has 3 aromatic rings. The second-order valence-corrected chi connectivity index (χ2v) is 6.95. The Morgan fingerprint density at radius 3 is 2.41 bits per heavy atom. The zero-order valence-corrected chi connectivity index (χ0v) is 16.1. The molecule has 3 rings (SSSR count). The Labute approximate surface area is 166 Å². The summed E-state index contributed by atoms with van der Waals surface area (Å²) in [7, 11) is 0. The first kappa shape index (κ1) is 20.0. The van der Waals surface area contributed by atoms with Crippen molar-refractivity contribution in [3.8, 4) is 0 Å². The monoisotopic (exact) mass is 396 g/mol.